The molecule has 2 aromatic rings. The first-order chi connectivity index (χ1) is 8.50. The smallest absolute Gasteiger partial charge is 0.340 e. The lowest BCUT2D eigenvalue weighted by Gasteiger charge is -2.07. The van der Waals surface area contributed by atoms with E-state index in [9.17, 15) is 4.79 Å². The molecule has 0 saturated carbocycles. The van der Waals surface area contributed by atoms with E-state index < -0.39 is 5.97 Å². The number of carboxylic acids is 1. The van der Waals surface area contributed by atoms with E-state index in [4.69, 9.17) is 16.7 Å². The Morgan fingerprint density at radius 3 is 2.39 bits per heavy atom. The number of halogens is 1. The fourth-order valence-corrected chi connectivity index (χ4v) is 1.93. The molecule has 0 unspecified atom stereocenters. The number of carboxylic acid groups (broad SMARTS) is 1. The molecule has 18 heavy (non-hydrogen) atoms. The number of carbonyl (C=O) groups is 1. The highest BCUT2D eigenvalue weighted by Gasteiger charge is 2.15. The molecule has 0 aliphatic heterocycles. The molecule has 94 valence electrons. The van der Waals surface area contributed by atoms with Gasteiger partial charge in [-0.25, -0.2) is 9.48 Å². The molecule has 0 amide bonds. The number of rotatable bonds is 3. The summed E-state index contributed by atoms with van der Waals surface area (Å²) in [6.07, 6.45) is 1.25. The largest absolute Gasteiger partial charge is 0.478 e. The topological polar surface area (TPSA) is 55.1 Å². The Hall–Kier alpha value is -1.81. The van der Waals surface area contributed by atoms with Gasteiger partial charge in [0.05, 0.1) is 11.9 Å². The molecule has 1 heterocycles. The van der Waals surface area contributed by atoms with Crippen molar-refractivity contribution in [2.75, 3.05) is 0 Å². The van der Waals surface area contributed by atoms with Crippen LogP contribution in [0.15, 0.2) is 30.5 Å². The monoisotopic (exact) mass is 264 g/mol. The third-order valence-electron chi connectivity index (χ3n) is 2.75. The van der Waals surface area contributed by atoms with Crippen molar-refractivity contribution < 1.29 is 9.90 Å². The van der Waals surface area contributed by atoms with Crippen LogP contribution in [0.3, 0.4) is 0 Å². The highest BCUT2D eigenvalue weighted by Crippen LogP contribution is 2.22. The van der Waals surface area contributed by atoms with Crippen LogP contribution in [0.1, 0.15) is 35.7 Å². The van der Waals surface area contributed by atoms with Gasteiger partial charge in [-0.15, -0.1) is 0 Å². The van der Waals surface area contributed by atoms with E-state index in [1.54, 1.807) is 0 Å². The fraction of sp³-hybridized carbons (Fsp3) is 0.231. The summed E-state index contributed by atoms with van der Waals surface area (Å²) in [5.41, 5.74) is 1.96. The molecule has 2 rings (SSSR count). The van der Waals surface area contributed by atoms with E-state index in [0.717, 1.165) is 5.69 Å². The summed E-state index contributed by atoms with van der Waals surface area (Å²) in [4.78, 5) is 10.9. The summed E-state index contributed by atoms with van der Waals surface area (Å²) < 4.78 is 1.41. The van der Waals surface area contributed by atoms with Crippen LogP contribution in [0, 0.1) is 0 Å². The number of aromatic carboxylic acids is 1. The van der Waals surface area contributed by atoms with Crippen LogP contribution in [-0.4, -0.2) is 20.9 Å². The van der Waals surface area contributed by atoms with Gasteiger partial charge in [0.2, 0.25) is 0 Å². The third-order valence-corrected chi connectivity index (χ3v) is 3.11. The van der Waals surface area contributed by atoms with Crippen molar-refractivity contribution in [3.63, 3.8) is 0 Å². The quantitative estimate of drug-likeness (QED) is 0.925. The molecule has 0 bridgehead atoms. The Balaban J connectivity index is 2.40. The number of nitrogens with zero attached hydrogens (tertiary/aromatic N) is 2. The number of hydrogen-bond donors (Lipinski definition) is 1. The summed E-state index contributed by atoms with van der Waals surface area (Å²) in [5.74, 6) is -0.633. The fourth-order valence-electron chi connectivity index (χ4n) is 1.66. The first-order valence-corrected chi connectivity index (χ1v) is 5.95. The zero-order valence-corrected chi connectivity index (χ0v) is 10.8. The van der Waals surface area contributed by atoms with Gasteiger partial charge in [-0.1, -0.05) is 37.6 Å². The highest BCUT2D eigenvalue weighted by atomic mass is 35.5. The van der Waals surface area contributed by atoms with Gasteiger partial charge in [-0.05, 0) is 23.6 Å². The summed E-state index contributed by atoms with van der Waals surface area (Å²) >= 11 is 5.98. The minimum Gasteiger partial charge on any atom is -0.478 e. The zero-order valence-electron chi connectivity index (χ0n) is 10.1. The molecular formula is C13H13ClN2O2. The molecule has 1 N–H and O–H groups in total. The van der Waals surface area contributed by atoms with Gasteiger partial charge in [0.1, 0.15) is 10.7 Å². The second kappa shape index (κ2) is 4.82. The molecule has 5 heteroatoms. The van der Waals surface area contributed by atoms with Crippen LogP contribution in [-0.2, 0) is 0 Å². The average molecular weight is 265 g/mol. The summed E-state index contributed by atoms with van der Waals surface area (Å²) in [6, 6.07) is 7.72. The Kier molecular flexibility index (Phi) is 3.39. The predicted molar refractivity (Wildman–Crippen MR) is 69.6 cm³/mol. The number of benzene rings is 1. The van der Waals surface area contributed by atoms with Crippen molar-refractivity contribution in [3.05, 3.63) is 46.7 Å². The van der Waals surface area contributed by atoms with Crippen LogP contribution in [0.25, 0.3) is 5.69 Å². The molecule has 0 aliphatic rings. The maximum atomic E-state index is 10.9. The lowest BCUT2D eigenvalue weighted by atomic mass is 10.0. The molecule has 0 saturated heterocycles. The van der Waals surface area contributed by atoms with Crippen LogP contribution >= 0.6 is 11.6 Å². The highest BCUT2D eigenvalue weighted by molar-refractivity contribution is 6.32. The minimum atomic E-state index is -1.08. The number of hydrogen-bond acceptors (Lipinski definition) is 2. The summed E-state index contributed by atoms with van der Waals surface area (Å²) in [6.45, 7) is 4.22. The summed E-state index contributed by atoms with van der Waals surface area (Å²) in [5, 5.41) is 13.0. The van der Waals surface area contributed by atoms with Gasteiger partial charge in [0.25, 0.3) is 0 Å². The van der Waals surface area contributed by atoms with E-state index >= 15 is 0 Å². The molecule has 0 radical (unpaired) electrons. The Labute approximate surface area is 110 Å². The lowest BCUT2D eigenvalue weighted by Crippen LogP contribution is -1.99. The zero-order chi connectivity index (χ0) is 13.3. The van der Waals surface area contributed by atoms with Crippen LogP contribution in [0.4, 0.5) is 0 Å². The third kappa shape index (κ3) is 2.24. The first kappa shape index (κ1) is 12.6. The maximum absolute atomic E-state index is 10.9. The van der Waals surface area contributed by atoms with E-state index in [-0.39, 0.29) is 10.7 Å². The molecule has 1 aromatic heterocycles. The maximum Gasteiger partial charge on any atom is 0.340 e. The van der Waals surface area contributed by atoms with Crippen LogP contribution in [0.5, 0.6) is 0 Å². The van der Waals surface area contributed by atoms with E-state index in [1.165, 1.54) is 16.4 Å². The standard InChI is InChI=1S/C13H13ClN2O2/c1-8(2)9-3-5-10(6-4-9)16-12(14)11(7-15-16)13(17)18/h3-8H,1-2H3,(H,17,18). The van der Waals surface area contributed by atoms with Gasteiger partial charge in [0.15, 0.2) is 0 Å². The van der Waals surface area contributed by atoms with Crippen molar-refractivity contribution in [3.8, 4) is 5.69 Å². The minimum absolute atomic E-state index is 0.00426. The Bertz CT molecular complexity index is 573. The molecule has 0 spiro atoms. The van der Waals surface area contributed by atoms with Crippen molar-refractivity contribution in [1.82, 2.24) is 9.78 Å². The van der Waals surface area contributed by atoms with Crippen LogP contribution < -0.4 is 0 Å². The molecule has 0 fully saturated rings. The second-order valence-corrected chi connectivity index (χ2v) is 4.67. The van der Waals surface area contributed by atoms with Crippen molar-refractivity contribution >= 4 is 17.6 Å². The second-order valence-electron chi connectivity index (χ2n) is 4.31. The molecule has 0 atom stereocenters. The van der Waals surface area contributed by atoms with Gasteiger partial charge in [0, 0.05) is 0 Å². The van der Waals surface area contributed by atoms with Gasteiger partial charge < -0.3 is 5.11 Å². The van der Waals surface area contributed by atoms with Crippen molar-refractivity contribution in [2.24, 2.45) is 0 Å². The van der Waals surface area contributed by atoms with Gasteiger partial charge in [-0.2, -0.15) is 5.10 Å². The van der Waals surface area contributed by atoms with Gasteiger partial charge in [-0.3, -0.25) is 0 Å². The average Bonchev–Trinajstić information content (AvgIpc) is 2.71. The Morgan fingerprint density at radius 1 is 1.33 bits per heavy atom. The SMILES string of the molecule is CC(C)c1ccc(-n2ncc(C(=O)O)c2Cl)cc1. The van der Waals surface area contributed by atoms with E-state index in [0.29, 0.717) is 5.92 Å². The van der Waals surface area contributed by atoms with E-state index in [1.807, 2.05) is 24.3 Å². The van der Waals surface area contributed by atoms with E-state index in [2.05, 4.69) is 18.9 Å². The predicted octanol–water partition coefficient (Wildman–Crippen LogP) is 3.35. The summed E-state index contributed by atoms with van der Waals surface area (Å²) in [7, 11) is 0. The molecule has 1 aromatic carbocycles. The van der Waals surface area contributed by atoms with Crippen molar-refractivity contribution in [2.45, 2.75) is 19.8 Å². The number of aromatic nitrogens is 2. The molecular weight excluding hydrogens is 252 g/mol. The Morgan fingerprint density at radius 2 is 1.94 bits per heavy atom. The first-order valence-electron chi connectivity index (χ1n) is 5.58. The normalized spacial score (nSPS) is 10.9. The molecule has 4 nitrogen and oxygen atoms in total. The van der Waals surface area contributed by atoms with Gasteiger partial charge >= 0.3 is 5.97 Å². The molecule has 0 aliphatic carbocycles. The van der Waals surface area contributed by atoms with Crippen molar-refractivity contribution in [1.29, 1.82) is 0 Å². The lowest BCUT2D eigenvalue weighted by molar-refractivity contribution is 0.0697. The van der Waals surface area contributed by atoms with Crippen LogP contribution in [0.2, 0.25) is 5.15 Å².